The van der Waals surface area contributed by atoms with Crippen LogP contribution < -0.4 is 5.73 Å². The molecule has 108 valence electrons. The summed E-state index contributed by atoms with van der Waals surface area (Å²) in [6.07, 6.45) is -11.4. The Balaban J connectivity index is 2.97. The second kappa shape index (κ2) is 5.70. The highest BCUT2D eigenvalue weighted by Gasteiger charge is 2.59. The van der Waals surface area contributed by atoms with E-state index in [1.807, 2.05) is 0 Å². The van der Waals surface area contributed by atoms with Gasteiger partial charge in [-0.05, 0) is 18.1 Å². The zero-order chi connectivity index (χ0) is 14.8. The van der Waals surface area contributed by atoms with Crippen molar-refractivity contribution in [2.75, 3.05) is 0 Å². The van der Waals surface area contributed by atoms with E-state index in [0.717, 1.165) is 0 Å². The van der Waals surface area contributed by atoms with Gasteiger partial charge < -0.3 is 5.73 Å². The van der Waals surface area contributed by atoms with Crippen LogP contribution in [-0.4, -0.2) is 18.4 Å². The van der Waals surface area contributed by atoms with Crippen LogP contribution in [0.25, 0.3) is 0 Å². The SMILES string of the molecule is NC(Cc1ccccc1Br)C(C(F)(F)F)C(F)(F)F. The first-order valence-corrected chi connectivity index (χ1v) is 5.95. The number of hydrogen-bond donors (Lipinski definition) is 1. The lowest BCUT2D eigenvalue weighted by Crippen LogP contribution is -2.49. The van der Waals surface area contributed by atoms with Crippen molar-refractivity contribution >= 4 is 15.9 Å². The monoisotopic (exact) mass is 349 g/mol. The summed E-state index contributed by atoms with van der Waals surface area (Å²) in [5, 5.41) is 0. The van der Waals surface area contributed by atoms with Crippen molar-refractivity contribution in [3.8, 4) is 0 Å². The first-order valence-electron chi connectivity index (χ1n) is 5.16. The van der Waals surface area contributed by atoms with Gasteiger partial charge in [-0.25, -0.2) is 0 Å². The molecule has 1 rings (SSSR count). The molecule has 1 aromatic carbocycles. The van der Waals surface area contributed by atoms with Crippen molar-refractivity contribution in [1.82, 2.24) is 0 Å². The summed E-state index contributed by atoms with van der Waals surface area (Å²) in [6, 6.07) is 3.98. The van der Waals surface area contributed by atoms with E-state index >= 15 is 0 Å². The summed E-state index contributed by atoms with van der Waals surface area (Å²) in [7, 11) is 0. The quantitative estimate of drug-likeness (QED) is 0.818. The van der Waals surface area contributed by atoms with Gasteiger partial charge in [-0.15, -0.1) is 0 Å². The summed E-state index contributed by atoms with van der Waals surface area (Å²) in [5.41, 5.74) is 5.43. The van der Waals surface area contributed by atoms with Crippen LogP contribution in [0.4, 0.5) is 26.3 Å². The van der Waals surface area contributed by atoms with Gasteiger partial charge in [0, 0.05) is 10.5 Å². The minimum atomic E-state index is -5.42. The van der Waals surface area contributed by atoms with Gasteiger partial charge in [0.05, 0.1) is 0 Å². The molecule has 0 spiro atoms. The van der Waals surface area contributed by atoms with Crippen LogP contribution in [0.15, 0.2) is 28.7 Å². The second-order valence-electron chi connectivity index (χ2n) is 4.02. The lowest BCUT2D eigenvalue weighted by atomic mass is 9.93. The summed E-state index contributed by atoms with van der Waals surface area (Å²) in [6.45, 7) is 0. The Hall–Kier alpha value is -0.760. The van der Waals surface area contributed by atoms with Gasteiger partial charge in [-0.1, -0.05) is 34.1 Å². The van der Waals surface area contributed by atoms with Crippen LogP contribution in [-0.2, 0) is 6.42 Å². The third kappa shape index (κ3) is 4.38. The van der Waals surface area contributed by atoms with Gasteiger partial charge >= 0.3 is 12.4 Å². The lowest BCUT2D eigenvalue weighted by molar-refractivity contribution is -0.289. The van der Waals surface area contributed by atoms with Crippen LogP contribution in [0, 0.1) is 5.92 Å². The molecule has 1 nitrogen and oxygen atoms in total. The van der Waals surface area contributed by atoms with E-state index in [2.05, 4.69) is 15.9 Å². The summed E-state index contributed by atoms with van der Waals surface area (Å²) in [5.74, 6) is -3.54. The highest BCUT2D eigenvalue weighted by atomic mass is 79.9. The van der Waals surface area contributed by atoms with E-state index in [4.69, 9.17) is 5.73 Å². The molecule has 0 fully saturated rings. The van der Waals surface area contributed by atoms with E-state index in [-0.39, 0.29) is 0 Å². The highest BCUT2D eigenvalue weighted by Crippen LogP contribution is 2.41. The molecule has 2 N–H and O–H groups in total. The molecule has 0 aliphatic carbocycles. The molecule has 0 aromatic heterocycles. The first kappa shape index (κ1) is 16.3. The van der Waals surface area contributed by atoms with Crippen molar-refractivity contribution in [3.63, 3.8) is 0 Å². The molecule has 8 heteroatoms. The Morgan fingerprint density at radius 1 is 1.00 bits per heavy atom. The van der Waals surface area contributed by atoms with E-state index in [1.165, 1.54) is 18.2 Å². The zero-order valence-electron chi connectivity index (χ0n) is 9.39. The molecule has 1 atom stereocenters. The summed E-state index contributed by atoms with van der Waals surface area (Å²) < 4.78 is 75.2. The molecule has 0 saturated heterocycles. The third-order valence-electron chi connectivity index (χ3n) is 2.55. The van der Waals surface area contributed by atoms with Crippen molar-refractivity contribution in [3.05, 3.63) is 34.3 Å². The number of alkyl halides is 6. The Morgan fingerprint density at radius 2 is 1.47 bits per heavy atom. The maximum atomic E-state index is 12.5. The minimum absolute atomic E-state index is 0.300. The van der Waals surface area contributed by atoms with E-state index in [0.29, 0.717) is 10.0 Å². The standard InChI is InChI=1S/C11H10BrF6N/c12-7-4-2-1-3-6(7)5-8(19)9(10(13,14)15)11(16,17)18/h1-4,8-9H,5,19H2. The smallest absolute Gasteiger partial charge is 0.327 e. The van der Waals surface area contributed by atoms with Crippen LogP contribution in [0.2, 0.25) is 0 Å². The number of hydrogen-bond acceptors (Lipinski definition) is 1. The molecule has 1 unspecified atom stereocenters. The van der Waals surface area contributed by atoms with E-state index in [9.17, 15) is 26.3 Å². The van der Waals surface area contributed by atoms with Crippen LogP contribution in [0.5, 0.6) is 0 Å². The lowest BCUT2D eigenvalue weighted by Gasteiger charge is -2.28. The molecule has 0 saturated carbocycles. The molecule has 19 heavy (non-hydrogen) atoms. The zero-order valence-corrected chi connectivity index (χ0v) is 11.0. The van der Waals surface area contributed by atoms with Crippen LogP contribution in [0.1, 0.15) is 5.56 Å². The van der Waals surface area contributed by atoms with Crippen molar-refractivity contribution in [2.45, 2.75) is 24.8 Å². The molecule has 1 aromatic rings. The number of halogens is 7. The number of rotatable bonds is 3. The van der Waals surface area contributed by atoms with Gasteiger partial charge in [0.1, 0.15) is 0 Å². The normalized spacial score (nSPS) is 14.8. The van der Waals surface area contributed by atoms with Gasteiger partial charge in [0.2, 0.25) is 0 Å². The molecular formula is C11H10BrF6N. The first-order chi connectivity index (χ1) is 8.53. The minimum Gasteiger partial charge on any atom is -0.327 e. The fourth-order valence-electron chi connectivity index (χ4n) is 1.71. The predicted molar refractivity (Wildman–Crippen MR) is 61.4 cm³/mol. The molecule has 0 bridgehead atoms. The van der Waals surface area contributed by atoms with Crippen molar-refractivity contribution in [2.24, 2.45) is 11.7 Å². The predicted octanol–water partition coefficient (Wildman–Crippen LogP) is 4.06. The molecule has 0 amide bonds. The topological polar surface area (TPSA) is 26.0 Å². The van der Waals surface area contributed by atoms with Crippen molar-refractivity contribution in [1.29, 1.82) is 0 Å². The summed E-state index contributed by atoms with van der Waals surface area (Å²) in [4.78, 5) is 0. The molecular weight excluding hydrogens is 340 g/mol. The van der Waals surface area contributed by atoms with Gasteiger partial charge in [-0.2, -0.15) is 26.3 Å². The molecule has 0 aliphatic rings. The largest absolute Gasteiger partial charge is 0.402 e. The fourth-order valence-corrected chi connectivity index (χ4v) is 2.15. The van der Waals surface area contributed by atoms with Crippen molar-refractivity contribution < 1.29 is 26.3 Å². The van der Waals surface area contributed by atoms with E-state index in [1.54, 1.807) is 6.07 Å². The average Bonchev–Trinajstić information content (AvgIpc) is 2.16. The third-order valence-corrected chi connectivity index (χ3v) is 3.32. The fraction of sp³-hybridized carbons (Fsp3) is 0.455. The Morgan fingerprint density at radius 3 is 1.89 bits per heavy atom. The summed E-state index contributed by atoms with van der Waals surface area (Å²) >= 11 is 3.06. The Labute approximate surface area is 113 Å². The van der Waals surface area contributed by atoms with Crippen LogP contribution >= 0.6 is 15.9 Å². The van der Waals surface area contributed by atoms with Gasteiger partial charge in [0.25, 0.3) is 0 Å². The Kier molecular flexibility index (Phi) is 4.89. The Bertz CT molecular complexity index is 414. The molecule has 0 radical (unpaired) electrons. The number of benzene rings is 1. The van der Waals surface area contributed by atoms with Gasteiger partial charge in [0.15, 0.2) is 5.92 Å². The van der Waals surface area contributed by atoms with E-state index < -0.39 is 30.7 Å². The maximum absolute atomic E-state index is 12.5. The molecule has 0 aliphatic heterocycles. The average molecular weight is 350 g/mol. The van der Waals surface area contributed by atoms with Gasteiger partial charge in [-0.3, -0.25) is 0 Å². The highest BCUT2D eigenvalue weighted by molar-refractivity contribution is 9.10. The second-order valence-corrected chi connectivity index (χ2v) is 4.87. The van der Waals surface area contributed by atoms with Crippen LogP contribution in [0.3, 0.4) is 0 Å². The number of nitrogens with two attached hydrogens (primary N) is 1. The molecule has 0 heterocycles. The maximum Gasteiger partial charge on any atom is 0.402 e.